The van der Waals surface area contributed by atoms with Crippen molar-refractivity contribution in [3.05, 3.63) is 39.5 Å². The van der Waals surface area contributed by atoms with E-state index in [4.69, 9.17) is 5.26 Å². The van der Waals surface area contributed by atoms with Crippen LogP contribution in [0, 0.1) is 11.3 Å². The van der Waals surface area contributed by atoms with Crippen LogP contribution in [0.3, 0.4) is 0 Å². The van der Waals surface area contributed by atoms with Gasteiger partial charge in [-0.3, -0.25) is 4.79 Å². The summed E-state index contributed by atoms with van der Waals surface area (Å²) in [4.78, 5) is 12.0. The summed E-state index contributed by atoms with van der Waals surface area (Å²) < 4.78 is 0. The lowest BCUT2D eigenvalue weighted by Crippen LogP contribution is -2.11. The molecule has 0 aromatic carbocycles. The van der Waals surface area contributed by atoms with Crippen LogP contribution < -0.4 is 5.56 Å². The number of nitrogens with zero attached hydrogens (tertiary/aromatic N) is 2. The summed E-state index contributed by atoms with van der Waals surface area (Å²) in [6.07, 6.45) is 0. The van der Waals surface area contributed by atoms with Crippen molar-refractivity contribution < 1.29 is 0 Å². The second-order valence-electron chi connectivity index (χ2n) is 2.59. The van der Waals surface area contributed by atoms with E-state index in [-0.39, 0.29) is 5.56 Å². The molecule has 1 N–H and O–H groups in total. The SMILES string of the molecule is N#Cc1cc(-c2cccs2)n[nH]c1=O. The third-order valence-electron chi connectivity index (χ3n) is 1.70. The molecule has 0 aliphatic heterocycles. The summed E-state index contributed by atoms with van der Waals surface area (Å²) in [7, 11) is 0. The van der Waals surface area contributed by atoms with E-state index in [1.165, 1.54) is 17.4 Å². The van der Waals surface area contributed by atoms with Crippen LogP contribution in [0.25, 0.3) is 10.6 Å². The first-order chi connectivity index (χ1) is 6.81. The normalized spacial score (nSPS) is 9.64. The Morgan fingerprint density at radius 1 is 1.57 bits per heavy atom. The highest BCUT2D eigenvalue weighted by atomic mass is 32.1. The summed E-state index contributed by atoms with van der Waals surface area (Å²) >= 11 is 1.51. The number of nitriles is 1. The highest BCUT2D eigenvalue weighted by Gasteiger charge is 2.04. The van der Waals surface area contributed by atoms with Gasteiger partial charge in [-0.25, -0.2) is 5.10 Å². The molecule has 68 valence electrons. The lowest BCUT2D eigenvalue weighted by atomic mass is 10.2. The minimum Gasteiger partial charge on any atom is -0.267 e. The van der Waals surface area contributed by atoms with Crippen LogP contribution in [0.1, 0.15) is 5.56 Å². The largest absolute Gasteiger partial charge is 0.282 e. The highest BCUT2D eigenvalue weighted by Crippen LogP contribution is 2.21. The molecule has 0 bridgehead atoms. The van der Waals surface area contributed by atoms with Gasteiger partial charge in [-0.1, -0.05) is 6.07 Å². The van der Waals surface area contributed by atoms with Gasteiger partial charge in [0, 0.05) is 0 Å². The summed E-state index contributed by atoms with van der Waals surface area (Å²) in [5.74, 6) is 0. The Labute approximate surface area is 83.5 Å². The minimum absolute atomic E-state index is 0.0865. The van der Waals surface area contributed by atoms with Gasteiger partial charge in [-0.05, 0) is 17.5 Å². The van der Waals surface area contributed by atoms with Crippen molar-refractivity contribution in [2.45, 2.75) is 0 Å². The molecule has 14 heavy (non-hydrogen) atoms. The molecule has 2 aromatic rings. The molecule has 2 aromatic heterocycles. The van der Waals surface area contributed by atoms with Gasteiger partial charge in [-0.15, -0.1) is 11.3 Å². The van der Waals surface area contributed by atoms with E-state index >= 15 is 0 Å². The molecule has 2 rings (SSSR count). The molecule has 0 unspecified atom stereocenters. The quantitative estimate of drug-likeness (QED) is 0.761. The van der Waals surface area contributed by atoms with Crippen molar-refractivity contribution in [1.29, 1.82) is 5.26 Å². The number of thiophene rings is 1. The second-order valence-corrected chi connectivity index (χ2v) is 3.53. The molecule has 0 saturated carbocycles. The zero-order valence-electron chi connectivity index (χ0n) is 7.02. The van der Waals surface area contributed by atoms with Crippen molar-refractivity contribution in [1.82, 2.24) is 10.2 Å². The molecule has 0 aliphatic rings. The zero-order valence-corrected chi connectivity index (χ0v) is 7.84. The third-order valence-corrected chi connectivity index (χ3v) is 2.59. The number of hydrogen-bond acceptors (Lipinski definition) is 4. The van der Waals surface area contributed by atoms with Crippen molar-refractivity contribution in [2.24, 2.45) is 0 Å². The predicted molar refractivity (Wildman–Crippen MR) is 52.9 cm³/mol. The minimum atomic E-state index is -0.451. The molecule has 0 spiro atoms. The number of aromatic nitrogens is 2. The maximum atomic E-state index is 11.0. The number of hydrogen-bond donors (Lipinski definition) is 1. The lowest BCUT2D eigenvalue weighted by Gasteiger charge is -1.94. The Kier molecular flexibility index (Phi) is 2.13. The van der Waals surface area contributed by atoms with E-state index in [1.807, 2.05) is 23.6 Å². The standard InChI is InChI=1S/C9H5N3OS/c10-5-6-4-7(11-12-9(6)13)8-2-1-3-14-8/h1-4H,(H,12,13). The zero-order chi connectivity index (χ0) is 9.97. The molecule has 0 atom stereocenters. The van der Waals surface area contributed by atoms with Gasteiger partial charge >= 0.3 is 0 Å². The number of rotatable bonds is 1. The van der Waals surface area contributed by atoms with Crippen LogP contribution in [0.15, 0.2) is 28.4 Å². The summed E-state index contributed by atoms with van der Waals surface area (Å²) in [6, 6.07) is 7.08. The van der Waals surface area contributed by atoms with E-state index in [9.17, 15) is 4.79 Å². The maximum absolute atomic E-state index is 11.0. The third kappa shape index (κ3) is 1.43. The molecule has 0 fully saturated rings. The predicted octanol–water partition coefficient (Wildman–Crippen LogP) is 1.37. The van der Waals surface area contributed by atoms with Gasteiger partial charge in [0.15, 0.2) is 0 Å². The number of aromatic amines is 1. The van der Waals surface area contributed by atoms with Crippen molar-refractivity contribution in [3.8, 4) is 16.6 Å². The Hall–Kier alpha value is -1.93. The fraction of sp³-hybridized carbons (Fsp3) is 0. The average molecular weight is 203 g/mol. The van der Waals surface area contributed by atoms with Crippen molar-refractivity contribution in [2.75, 3.05) is 0 Å². The van der Waals surface area contributed by atoms with Gasteiger partial charge in [0.25, 0.3) is 5.56 Å². The molecule has 4 nitrogen and oxygen atoms in total. The van der Waals surface area contributed by atoms with E-state index in [1.54, 1.807) is 0 Å². The lowest BCUT2D eigenvalue weighted by molar-refractivity contribution is 0.990. The van der Waals surface area contributed by atoms with Crippen LogP contribution >= 0.6 is 11.3 Å². The van der Waals surface area contributed by atoms with E-state index in [0.29, 0.717) is 5.69 Å². The van der Waals surface area contributed by atoms with Crippen LogP contribution in [-0.4, -0.2) is 10.2 Å². The van der Waals surface area contributed by atoms with Crippen LogP contribution in [0.2, 0.25) is 0 Å². The molecule has 2 heterocycles. The molecule has 0 saturated heterocycles. The molecular formula is C9H5N3OS. The van der Waals surface area contributed by atoms with Crippen molar-refractivity contribution in [3.63, 3.8) is 0 Å². The van der Waals surface area contributed by atoms with E-state index in [0.717, 1.165) is 4.88 Å². The molecule has 5 heteroatoms. The van der Waals surface area contributed by atoms with Gasteiger partial charge in [0.1, 0.15) is 17.3 Å². The summed E-state index contributed by atoms with van der Waals surface area (Å²) in [6.45, 7) is 0. The fourth-order valence-electron chi connectivity index (χ4n) is 1.04. The molecule has 0 aliphatic carbocycles. The van der Waals surface area contributed by atoms with E-state index in [2.05, 4.69) is 10.2 Å². The smallest absolute Gasteiger partial charge is 0.267 e. The maximum Gasteiger partial charge on any atom is 0.282 e. The Morgan fingerprint density at radius 2 is 2.43 bits per heavy atom. The topological polar surface area (TPSA) is 69.5 Å². The van der Waals surface area contributed by atoms with Gasteiger partial charge in [0.05, 0.1) is 4.88 Å². The van der Waals surface area contributed by atoms with Crippen LogP contribution in [-0.2, 0) is 0 Å². The monoisotopic (exact) mass is 203 g/mol. The Bertz CT molecular complexity index is 536. The first-order valence-electron chi connectivity index (χ1n) is 3.85. The highest BCUT2D eigenvalue weighted by molar-refractivity contribution is 7.13. The fourth-order valence-corrected chi connectivity index (χ4v) is 1.73. The first kappa shape index (κ1) is 8.66. The van der Waals surface area contributed by atoms with Gasteiger partial charge < -0.3 is 0 Å². The Balaban J connectivity index is 2.59. The van der Waals surface area contributed by atoms with Gasteiger partial charge in [-0.2, -0.15) is 10.4 Å². The first-order valence-corrected chi connectivity index (χ1v) is 4.73. The van der Waals surface area contributed by atoms with Crippen LogP contribution in [0.4, 0.5) is 0 Å². The Morgan fingerprint density at radius 3 is 3.07 bits per heavy atom. The van der Waals surface area contributed by atoms with Crippen molar-refractivity contribution >= 4 is 11.3 Å². The van der Waals surface area contributed by atoms with Gasteiger partial charge in [0.2, 0.25) is 0 Å². The van der Waals surface area contributed by atoms with E-state index < -0.39 is 5.56 Å². The summed E-state index contributed by atoms with van der Waals surface area (Å²) in [5.41, 5.74) is 0.257. The number of nitrogens with one attached hydrogen (secondary N) is 1. The number of H-pyrrole nitrogens is 1. The average Bonchev–Trinajstić information content (AvgIpc) is 2.71. The second kappa shape index (κ2) is 3.44. The van der Waals surface area contributed by atoms with Crippen LogP contribution in [0.5, 0.6) is 0 Å². The summed E-state index contributed by atoms with van der Waals surface area (Å²) in [5, 5.41) is 16.7. The molecule has 0 amide bonds. The molecular weight excluding hydrogens is 198 g/mol. The molecule has 0 radical (unpaired) electrons.